The number of allylic oxidation sites excluding steroid dienone is 12. The van der Waals surface area contributed by atoms with E-state index in [2.05, 4.69) is 75.5 Å². The fourth-order valence-electron chi connectivity index (χ4n) is 7.59. The predicted octanol–water partition coefficient (Wildman–Crippen LogP) is 13.0. The SMILES string of the molecule is CC/C=C\C/C=C\C/C=C\C/C=C\CCC(=O)OC1C(OCC(COC(=O)CCCCCCC/C=C\CCCCCCCC)OC(=O)CCCCCCC/C=C\CCCC)OC(C(=O)O)C(O)C1O. The van der Waals surface area contributed by atoms with Gasteiger partial charge in [0, 0.05) is 19.3 Å². The van der Waals surface area contributed by atoms with Crippen LogP contribution in [0.3, 0.4) is 0 Å². The van der Waals surface area contributed by atoms with Crippen molar-refractivity contribution in [1.82, 2.24) is 0 Å². The molecule has 0 aromatic carbocycles. The number of unbranched alkanes of at least 4 members (excludes halogenated alkanes) is 18. The number of hydrogen-bond acceptors (Lipinski definition) is 11. The Bertz CT molecular complexity index is 1480. The summed E-state index contributed by atoms with van der Waals surface area (Å²) in [5.41, 5.74) is 0. The van der Waals surface area contributed by atoms with Crippen molar-refractivity contribution in [2.45, 2.75) is 250 Å². The quantitative estimate of drug-likeness (QED) is 0.0228. The van der Waals surface area contributed by atoms with Crippen molar-refractivity contribution in [3.63, 3.8) is 0 Å². The molecule has 0 amide bonds. The molecule has 0 aromatic rings. The van der Waals surface area contributed by atoms with Gasteiger partial charge in [0.15, 0.2) is 24.6 Å². The minimum absolute atomic E-state index is 0.0639. The molecule has 394 valence electrons. The van der Waals surface area contributed by atoms with Crippen molar-refractivity contribution in [3.05, 3.63) is 72.9 Å². The molecule has 1 aliphatic rings. The lowest BCUT2D eigenvalue weighted by Gasteiger charge is -2.40. The highest BCUT2D eigenvalue weighted by Gasteiger charge is 2.50. The van der Waals surface area contributed by atoms with Crippen LogP contribution in [-0.4, -0.2) is 89.2 Å². The van der Waals surface area contributed by atoms with Crippen molar-refractivity contribution in [3.8, 4) is 0 Å². The second-order valence-corrected chi connectivity index (χ2v) is 18.1. The number of ether oxygens (including phenoxy) is 5. The summed E-state index contributed by atoms with van der Waals surface area (Å²) in [4.78, 5) is 50.8. The highest BCUT2D eigenvalue weighted by atomic mass is 16.7. The van der Waals surface area contributed by atoms with Gasteiger partial charge in [0.1, 0.15) is 18.8 Å². The van der Waals surface area contributed by atoms with Crippen LogP contribution in [0.5, 0.6) is 0 Å². The van der Waals surface area contributed by atoms with Gasteiger partial charge in [-0.15, -0.1) is 0 Å². The van der Waals surface area contributed by atoms with Crippen molar-refractivity contribution in [1.29, 1.82) is 0 Å². The number of carboxylic acids is 1. The number of aliphatic carboxylic acids is 1. The van der Waals surface area contributed by atoms with E-state index < -0.39 is 67.3 Å². The summed E-state index contributed by atoms with van der Waals surface area (Å²) in [7, 11) is 0. The Labute approximate surface area is 417 Å². The predicted molar refractivity (Wildman–Crippen MR) is 275 cm³/mol. The fourth-order valence-corrected chi connectivity index (χ4v) is 7.59. The van der Waals surface area contributed by atoms with E-state index in [0.717, 1.165) is 96.3 Å². The smallest absolute Gasteiger partial charge is 0.335 e. The van der Waals surface area contributed by atoms with E-state index in [1.54, 1.807) is 0 Å². The number of carboxylic acid groups (broad SMARTS) is 1. The molecule has 0 radical (unpaired) electrons. The van der Waals surface area contributed by atoms with Gasteiger partial charge in [-0.05, 0) is 89.9 Å². The zero-order valence-electron chi connectivity index (χ0n) is 43.0. The molecular weight excluding hydrogens is 877 g/mol. The molecule has 0 saturated carbocycles. The number of esters is 3. The summed E-state index contributed by atoms with van der Waals surface area (Å²) in [5.74, 6) is -3.25. The summed E-state index contributed by atoms with van der Waals surface area (Å²) < 4.78 is 28.2. The Morgan fingerprint density at radius 3 is 1.49 bits per heavy atom. The number of rotatable bonds is 44. The maximum absolute atomic E-state index is 13.1. The lowest BCUT2D eigenvalue weighted by atomic mass is 9.98. The third-order valence-corrected chi connectivity index (χ3v) is 11.8. The highest BCUT2D eigenvalue weighted by molar-refractivity contribution is 5.74. The van der Waals surface area contributed by atoms with Gasteiger partial charge in [-0.3, -0.25) is 14.4 Å². The maximum atomic E-state index is 13.1. The van der Waals surface area contributed by atoms with Crippen LogP contribution in [0.2, 0.25) is 0 Å². The van der Waals surface area contributed by atoms with Gasteiger partial charge in [-0.25, -0.2) is 4.79 Å². The van der Waals surface area contributed by atoms with Crippen molar-refractivity contribution in [2.24, 2.45) is 0 Å². The van der Waals surface area contributed by atoms with Crippen LogP contribution >= 0.6 is 0 Å². The highest BCUT2D eigenvalue weighted by Crippen LogP contribution is 2.26. The van der Waals surface area contributed by atoms with Crippen LogP contribution in [-0.2, 0) is 42.9 Å². The average molecular weight is 971 g/mol. The normalized spacial score (nSPS) is 19.2. The summed E-state index contributed by atoms with van der Waals surface area (Å²) >= 11 is 0. The molecule has 1 fully saturated rings. The number of carbonyl (C=O) groups is 4. The molecule has 0 bridgehead atoms. The van der Waals surface area contributed by atoms with Gasteiger partial charge in [-0.2, -0.15) is 0 Å². The lowest BCUT2D eigenvalue weighted by molar-refractivity contribution is -0.301. The van der Waals surface area contributed by atoms with E-state index in [-0.39, 0.29) is 25.9 Å². The standard InChI is InChI=1S/C57H94O12/c1-4-7-10-13-16-19-22-24-25-27-29-31-34-37-40-43-49(58)65-46-48(67-50(59)44-41-38-35-32-28-21-18-15-12-9-6-3)47-66-57-55(53(62)52(61)54(69-57)56(63)64)68-51(60)45-42-39-36-33-30-26-23-20-17-14-11-8-5-2/h8,11,15,17-18,20,24-26,30,36,39,48,52-55,57,61-62H,4-7,9-10,12-14,16,19,21-23,27-29,31-35,37-38,40-47H2,1-3H3,(H,63,64)/b11-8-,18-15-,20-17-,25-24-,30-26-,39-36-. The molecule has 1 rings (SSSR count). The fraction of sp³-hybridized carbons (Fsp3) is 0.719. The van der Waals surface area contributed by atoms with Crippen LogP contribution < -0.4 is 0 Å². The molecule has 0 spiro atoms. The molecule has 1 aliphatic heterocycles. The summed E-state index contributed by atoms with van der Waals surface area (Å²) in [6.07, 6.45) is 43.4. The van der Waals surface area contributed by atoms with E-state index in [1.165, 1.54) is 51.4 Å². The van der Waals surface area contributed by atoms with Gasteiger partial charge in [-0.1, -0.05) is 177 Å². The second-order valence-electron chi connectivity index (χ2n) is 18.1. The van der Waals surface area contributed by atoms with Gasteiger partial charge in [0.05, 0.1) is 6.61 Å². The molecule has 0 aromatic heterocycles. The van der Waals surface area contributed by atoms with E-state index in [1.807, 2.05) is 18.2 Å². The summed E-state index contributed by atoms with van der Waals surface area (Å²) in [5, 5.41) is 31.3. The minimum Gasteiger partial charge on any atom is -0.479 e. The summed E-state index contributed by atoms with van der Waals surface area (Å²) in [6, 6.07) is 0. The number of aliphatic hydroxyl groups excluding tert-OH is 2. The van der Waals surface area contributed by atoms with E-state index in [9.17, 15) is 34.5 Å². The lowest BCUT2D eigenvalue weighted by Crippen LogP contribution is -2.61. The Balaban J connectivity index is 2.76. The molecule has 12 heteroatoms. The van der Waals surface area contributed by atoms with Gasteiger partial charge >= 0.3 is 23.9 Å². The molecule has 0 aliphatic carbocycles. The first kappa shape index (κ1) is 63.2. The van der Waals surface area contributed by atoms with Gasteiger partial charge in [0.25, 0.3) is 0 Å². The number of hydrogen-bond donors (Lipinski definition) is 3. The molecular formula is C57H94O12. The van der Waals surface area contributed by atoms with E-state index >= 15 is 0 Å². The third-order valence-electron chi connectivity index (χ3n) is 11.8. The Kier molecular flexibility index (Phi) is 41.5. The van der Waals surface area contributed by atoms with Crippen LogP contribution in [0.4, 0.5) is 0 Å². The Morgan fingerprint density at radius 1 is 0.493 bits per heavy atom. The molecule has 1 saturated heterocycles. The van der Waals surface area contributed by atoms with Crippen LogP contribution in [0.1, 0.15) is 213 Å². The van der Waals surface area contributed by atoms with Crippen molar-refractivity contribution in [2.75, 3.05) is 13.2 Å². The molecule has 6 atom stereocenters. The first-order chi connectivity index (χ1) is 33.6. The molecule has 1 heterocycles. The van der Waals surface area contributed by atoms with Gasteiger partial charge in [0.2, 0.25) is 0 Å². The maximum Gasteiger partial charge on any atom is 0.335 e. The molecule has 12 nitrogen and oxygen atoms in total. The monoisotopic (exact) mass is 971 g/mol. The largest absolute Gasteiger partial charge is 0.479 e. The Morgan fingerprint density at radius 2 is 0.957 bits per heavy atom. The van der Waals surface area contributed by atoms with E-state index in [0.29, 0.717) is 25.7 Å². The zero-order chi connectivity index (χ0) is 50.4. The van der Waals surface area contributed by atoms with Gasteiger partial charge < -0.3 is 39.0 Å². The summed E-state index contributed by atoms with van der Waals surface area (Å²) in [6.45, 7) is 5.75. The van der Waals surface area contributed by atoms with Crippen LogP contribution in [0.25, 0.3) is 0 Å². The topological polar surface area (TPSA) is 175 Å². The minimum atomic E-state index is -1.93. The number of carbonyl (C=O) groups excluding carboxylic acids is 3. The molecule has 69 heavy (non-hydrogen) atoms. The first-order valence-corrected chi connectivity index (χ1v) is 26.9. The second kappa shape index (κ2) is 45.3. The van der Waals surface area contributed by atoms with Crippen LogP contribution in [0, 0.1) is 0 Å². The first-order valence-electron chi connectivity index (χ1n) is 26.9. The molecule has 3 N–H and O–H groups in total. The van der Waals surface area contributed by atoms with Crippen LogP contribution in [0.15, 0.2) is 72.9 Å². The van der Waals surface area contributed by atoms with Crippen molar-refractivity contribution < 1.29 is 58.2 Å². The van der Waals surface area contributed by atoms with Crippen molar-refractivity contribution >= 4 is 23.9 Å². The number of aliphatic hydroxyl groups is 2. The Hall–Kier alpha value is -3.84. The zero-order valence-corrected chi connectivity index (χ0v) is 43.0. The van der Waals surface area contributed by atoms with E-state index in [4.69, 9.17) is 23.7 Å². The average Bonchev–Trinajstić information content (AvgIpc) is 3.33. The molecule has 6 unspecified atom stereocenters. The third kappa shape index (κ3) is 35.8.